The maximum Gasteiger partial charge on any atom is 0.354 e. The van der Waals surface area contributed by atoms with E-state index < -0.39 is 5.97 Å². The van der Waals surface area contributed by atoms with Gasteiger partial charge in [0.25, 0.3) is 0 Å². The van der Waals surface area contributed by atoms with Gasteiger partial charge in [-0.15, -0.1) is 0 Å². The van der Waals surface area contributed by atoms with Gasteiger partial charge in [0, 0.05) is 5.56 Å². The van der Waals surface area contributed by atoms with Crippen LogP contribution in [-0.2, 0) is 0 Å². The minimum atomic E-state index is -1.16. The van der Waals surface area contributed by atoms with E-state index in [-0.39, 0.29) is 26.5 Å². The van der Waals surface area contributed by atoms with E-state index in [9.17, 15) is 4.79 Å². The molecule has 19 heavy (non-hydrogen) atoms. The lowest BCUT2D eigenvalue weighted by Crippen LogP contribution is -2.01. The molecule has 7 heteroatoms. The number of hydrogen-bond acceptors (Lipinski definition) is 2. The van der Waals surface area contributed by atoms with Gasteiger partial charge in [-0.2, -0.15) is 0 Å². The van der Waals surface area contributed by atoms with Gasteiger partial charge in [-0.1, -0.05) is 46.4 Å². The molecule has 0 radical (unpaired) electrons. The molecule has 0 fully saturated rings. The van der Waals surface area contributed by atoms with Crippen LogP contribution in [0.1, 0.15) is 10.5 Å². The molecule has 0 saturated heterocycles. The van der Waals surface area contributed by atoms with E-state index >= 15 is 0 Å². The average molecular weight is 337 g/mol. The molecule has 0 bridgehead atoms. The minimum absolute atomic E-state index is 0.137. The van der Waals surface area contributed by atoms with Gasteiger partial charge in [-0.3, -0.25) is 0 Å². The fourth-order valence-electron chi connectivity index (χ4n) is 1.46. The number of pyridine rings is 1. The Balaban J connectivity index is 2.68. The first-order chi connectivity index (χ1) is 8.91. The van der Waals surface area contributed by atoms with Crippen molar-refractivity contribution in [3.8, 4) is 11.3 Å². The summed E-state index contributed by atoms with van der Waals surface area (Å²) < 4.78 is 0. The van der Waals surface area contributed by atoms with E-state index in [4.69, 9.17) is 51.5 Å². The molecule has 0 spiro atoms. The van der Waals surface area contributed by atoms with Crippen molar-refractivity contribution in [1.29, 1.82) is 0 Å². The molecular formula is C12H5Cl4NO2. The zero-order valence-electron chi connectivity index (χ0n) is 9.12. The summed E-state index contributed by atoms with van der Waals surface area (Å²) in [6.07, 6.45) is 0. The molecule has 0 unspecified atom stereocenters. The second-order valence-electron chi connectivity index (χ2n) is 3.55. The highest BCUT2D eigenvalue weighted by atomic mass is 35.5. The Kier molecular flexibility index (Phi) is 4.21. The van der Waals surface area contributed by atoms with Gasteiger partial charge in [0.15, 0.2) is 0 Å². The third kappa shape index (κ3) is 2.79. The van der Waals surface area contributed by atoms with Crippen molar-refractivity contribution < 1.29 is 9.90 Å². The Morgan fingerprint density at radius 1 is 0.947 bits per heavy atom. The SMILES string of the molecule is O=C(O)c1ccc(Cl)c(-c2ccc(Cl)c(Cl)c2Cl)n1. The topological polar surface area (TPSA) is 50.2 Å². The van der Waals surface area contributed by atoms with E-state index in [0.29, 0.717) is 10.6 Å². The van der Waals surface area contributed by atoms with Crippen LogP contribution in [-0.4, -0.2) is 16.1 Å². The molecule has 1 aromatic heterocycles. The molecule has 0 aliphatic rings. The average Bonchev–Trinajstić information content (AvgIpc) is 2.37. The first kappa shape index (κ1) is 14.4. The molecule has 2 aromatic rings. The number of carboxylic acid groups (broad SMARTS) is 1. The van der Waals surface area contributed by atoms with E-state index in [1.165, 1.54) is 18.2 Å². The zero-order valence-corrected chi connectivity index (χ0v) is 12.1. The van der Waals surface area contributed by atoms with Gasteiger partial charge in [-0.05, 0) is 24.3 Å². The Morgan fingerprint density at radius 3 is 2.21 bits per heavy atom. The summed E-state index contributed by atoms with van der Waals surface area (Å²) in [5.74, 6) is -1.16. The molecule has 98 valence electrons. The van der Waals surface area contributed by atoms with Crippen LogP contribution in [0.3, 0.4) is 0 Å². The Morgan fingerprint density at radius 2 is 1.58 bits per heavy atom. The van der Waals surface area contributed by atoms with Crippen LogP contribution in [0.25, 0.3) is 11.3 Å². The summed E-state index contributed by atoms with van der Waals surface area (Å²) in [6, 6.07) is 5.86. The summed E-state index contributed by atoms with van der Waals surface area (Å²) >= 11 is 23.9. The molecular weight excluding hydrogens is 332 g/mol. The van der Waals surface area contributed by atoms with E-state index in [1.54, 1.807) is 6.07 Å². The fraction of sp³-hybridized carbons (Fsp3) is 0. The van der Waals surface area contributed by atoms with E-state index in [2.05, 4.69) is 4.98 Å². The van der Waals surface area contributed by atoms with Gasteiger partial charge < -0.3 is 5.11 Å². The Labute approximate surface area is 128 Å². The number of halogens is 4. The maximum atomic E-state index is 10.9. The lowest BCUT2D eigenvalue weighted by atomic mass is 10.1. The standard InChI is InChI=1S/C12H5Cl4NO2/c13-6-2-1-5(9(15)10(6)16)11-7(14)3-4-8(17-11)12(18)19/h1-4H,(H,18,19). The van der Waals surface area contributed by atoms with Gasteiger partial charge in [0.05, 0.1) is 25.8 Å². The second kappa shape index (κ2) is 5.55. The molecule has 1 N–H and O–H groups in total. The summed E-state index contributed by atoms with van der Waals surface area (Å²) in [5.41, 5.74) is 0.524. The normalized spacial score (nSPS) is 10.5. The predicted octanol–water partition coefficient (Wildman–Crippen LogP) is 5.06. The highest BCUT2D eigenvalue weighted by Gasteiger charge is 2.16. The monoisotopic (exact) mass is 335 g/mol. The van der Waals surface area contributed by atoms with Gasteiger partial charge in [-0.25, -0.2) is 9.78 Å². The lowest BCUT2D eigenvalue weighted by Gasteiger charge is -2.09. The summed E-state index contributed by atoms with van der Waals surface area (Å²) in [4.78, 5) is 14.9. The number of aromatic nitrogens is 1. The second-order valence-corrected chi connectivity index (χ2v) is 5.13. The first-order valence-corrected chi connectivity index (χ1v) is 6.46. The number of rotatable bonds is 2. The number of carbonyl (C=O) groups is 1. The summed E-state index contributed by atoms with van der Waals surface area (Å²) in [6.45, 7) is 0. The number of nitrogens with zero attached hydrogens (tertiary/aromatic N) is 1. The van der Waals surface area contributed by atoms with Crippen molar-refractivity contribution in [2.24, 2.45) is 0 Å². The molecule has 2 rings (SSSR count). The van der Waals surface area contributed by atoms with Crippen LogP contribution in [0.5, 0.6) is 0 Å². The molecule has 0 atom stereocenters. The lowest BCUT2D eigenvalue weighted by molar-refractivity contribution is 0.0690. The van der Waals surface area contributed by atoms with Crippen molar-refractivity contribution in [2.45, 2.75) is 0 Å². The number of carboxylic acids is 1. The maximum absolute atomic E-state index is 10.9. The molecule has 1 aromatic carbocycles. The number of benzene rings is 1. The summed E-state index contributed by atoms with van der Waals surface area (Å²) in [7, 11) is 0. The quantitative estimate of drug-likeness (QED) is 0.780. The van der Waals surface area contributed by atoms with Crippen molar-refractivity contribution in [2.75, 3.05) is 0 Å². The van der Waals surface area contributed by atoms with Crippen molar-refractivity contribution in [1.82, 2.24) is 4.98 Å². The largest absolute Gasteiger partial charge is 0.477 e. The van der Waals surface area contributed by atoms with Crippen molar-refractivity contribution in [3.63, 3.8) is 0 Å². The van der Waals surface area contributed by atoms with Gasteiger partial charge in [0.2, 0.25) is 0 Å². The molecule has 0 saturated carbocycles. The highest BCUT2D eigenvalue weighted by Crippen LogP contribution is 2.39. The summed E-state index contributed by atoms with van der Waals surface area (Å²) in [5, 5.41) is 9.83. The molecule has 0 aliphatic carbocycles. The molecule has 0 amide bonds. The van der Waals surface area contributed by atoms with Crippen LogP contribution >= 0.6 is 46.4 Å². The molecule has 3 nitrogen and oxygen atoms in total. The minimum Gasteiger partial charge on any atom is -0.477 e. The first-order valence-electron chi connectivity index (χ1n) is 4.95. The van der Waals surface area contributed by atoms with Gasteiger partial charge in [0.1, 0.15) is 5.69 Å². The Bertz CT molecular complexity index is 673. The van der Waals surface area contributed by atoms with Crippen LogP contribution in [0.15, 0.2) is 24.3 Å². The fourth-order valence-corrected chi connectivity index (χ4v) is 2.29. The van der Waals surface area contributed by atoms with Gasteiger partial charge >= 0.3 is 5.97 Å². The Hall–Kier alpha value is -1.000. The van der Waals surface area contributed by atoms with Crippen LogP contribution < -0.4 is 0 Å². The number of aromatic carboxylic acids is 1. The smallest absolute Gasteiger partial charge is 0.354 e. The number of hydrogen-bond donors (Lipinski definition) is 1. The van der Waals surface area contributed by atoms with Crippen LogP contribution in [0.2, 0.25) is 20.1 Å². The van der Waals surface area contributed by atoms with E-state index in [0.717, 1.165) is 0 Å². The molecule has 1 heterocycles. The third-order valence-corrected chi connectivity index (χ3v) is 3.95. The van der Waals surface area contributed by atoms with Crippen molar-refractivity contribution in [3.05, 3.63) is 50.0 Å². The van der Waals surface area contributed by atoms with Crippen molar-refractivity contribution >= 4 is 52.4 Å². The highest BCUT2D eigenvalue weighted by molar-refractivity contribution is 6.49. The predicted molar refractivity (Wildman–Crippen MR) is 76.7 cm³/mol. The van der Waals surface area contributed by atoms with E-state index in [1.807, 2.05) is 0 Å². The zero-order chi connectivity index (χ0) is 14.2. The van der Waals surface area contributed by atoms with Crippen LogP contribution in [0, 0.1) is 0 Å². The molecule has 0 aliphatic heterocycles. The van der Waals surface area contributed by atoms with Crippen LogP contribution in [0.4, 0.5) is 0 Å². The third-order valence-electron chi connectivity index (χ3n) is 2.36.